The van der Waals surface area contributed by atoms with Crippen LogP contribution in [0.1, 0.15) is 126 Å². The zero-order valence-corrected chi connectivity index (χ0v) is 25.4. The summed E-state index contributed by atoms with van der Waals surface area (Å²) >= 11 is 0. The summed E-state index contributed by atoms with van der Waals surface area (Å²) in [5, 5.41) is 22.4. The third-order valence-electron chi connectivity index (χ3n) is 6.15. The van der Waals surface area contributed by atoms with E-state index in [2.05, 4.69) is 0 Å². The van der Waals surface area contributed by atoms with Crippen molar-refractivity contribution < 1.29 is 36.3 Å². The van der Waals surface area contributed by atoms with Gasteiger partial charge >= 0.3 is 16.5 Å². The summed E-state index contributed by atoms with van der Waals surface area (Å²) in [6, 6.07) is 7.25. The molecule has 2 rings (SSSR count). The molecule has 2 aromatic carbocycles. The fraction of sp³-hybridized carbons (Fsp3) is 0.533. The van der Waals surface area contributed by atoms with Gasteiger partial charge in [-0.25, -0.2) is 0 Å². The average Bonchev–Trinajstić information content (AvgIpc) is 2.64. The van der Waals surface area contributed by atoms with E-state index in [4.69, 9.17) is 11.5 Å². The Morgan fingerprint density at radius 3 is 0.946 bits per heavy atom. The molecule has 2 aromatic rings. The van der Waals surface area contributed by atoms with Crippen molar-refractivity contribution in [3.63, 3.8) is 0 Å². The van der Waals surface area contributed by atoms with Gasteiger partial charge in [0.2, 0.25) is 0 Å². The number of benzene rings is 2. The first kappa shape index (κ1) is 34.5. The molecular formula is C30H44N2NiO4. The van der Waals surface area contributed by atoms with E-state index < -0.39 is 11.9 Å². The number of carbonyl (C=O) groups is 2. The number of hydrogen-bond donors (Lipinski definition) is 2. The minimum absolute atomic E-state index is 0. The van der Waals surface area contributed by atoms with Crippen LogP contribution in [0, 0.1) is 0 Å². The van der Waals surface area contributed by atoms with Gasteiger partial charge in [0.25, 0.3) is 0 Å². The SMILES string of the molecule is CC(C)(C)c1cc(C(=O)[O-])c(N)c(C(C)(C)C)c1.CC(C)(C)c1cc(C(=O)[O-])c(N)c(C(C)(C)C)c1.[Ni+2]. The third kappa shape index (κ3) is 8.77. The van der Waals surface area contributed by atoms with Crippen molar-refractivity contribution in [2.45, 2.75) is 105 Å². The average molecular weight is 555 g/mol. The fourth-order valence-corrected chi connectivity index (χ4v) is 3.75. The Hall–Kier alpha value is -2.53. The molecule has 0 bridgehead atoms. The zero-order chi connectivity index (χ0) is 28.6. The van der Waals surface area contributed by atoms with E-state index in [0.29, 0.717) is 11.4 Å². The van der Waals surface area contributed by atoms with E-state index in [9.17, 15) is 19.8 Å². The van der Waals surface area contributed by atoms with Crippen LogP contribution in [0.5, 0.6) is 0 Å². The quantitative estimate of drug-likeness (QED) is 0.416. The Bertz CT molecular complexity index is 1050. The molecule has 0 fully saturated rings. The Kier molecular flexibility index (Phi) is 10.7. The molecule has 0 saturated heterocycles. The van der Waals surface area contributed by atoms with Gasteiger partial charge in [-0.3, -0.25) is 0 Å². The molecule has 0 saturated carbocycles. The molecule has 0 aromatic heterocycles. The van der Waals surface area contributed by atoms with Crippen molar-refractivity contribution in [2.75, 3.05) is 11.5 Å². The number of nitrogen functional groups attached to an aromatic ring is 2. The minimum atomic E-state index is -1.22. The van der Waals surface area contributed by atoms with Crippen molar-refractivity contribution in [2.24, 2.45) is 0 Å². The minimum Gasteiger partial charge on any atom is -0.545 e. The van der Waals surface area contributed by atoms with E-state index in [0.717, 1.165) is 22.3 Å². The number of nitrogens with two attached hydrogens (primary N) is 2. The molecule has 4 N–H and O–H groups in total. The topological polar surface area (TPSA) is 132 Å². The second kappa shape index (κ2) is 11.5. The van der Waals surface area contributed by atoms with Gasteiger partial charge in [0, 0.05) is 22.5 Å². The number of hydrogen-bond acceptors (Lipinski definition) is 6. The summed E-state index contributed by atoms with van der Waals surface area (Å²) in [5.74, 6) is -2.44. The maximum absolute atomic E-state index is 11.2. The summed E-state index contributed by atoms with van der Waals surface area (Å²) in [6.07, 6.45) is 0. The van der Waals surface area contributed by atoms with Crippen LogP contribution in [-0.4, -0.2) is 11.9 Å². The number of carboxylic acid groups (broad SMARTS) is 2. The maximum atomic E-state index is 11.2. The van der Waals surface area contributed by atoms with E-state index in [1.54, 1.807) is 12.1 Å². The van der Waals surface area contributed by atoms with Gasteiger partial charge in [-0.15, -0.1) is 0 Å². The van der Waals surface area contributed by atoms with Crippen molar-refractivity contribution in [3.8, 4) is 0 Å². The van der Waals surface area contributed by atoms with Gasteiger partial charge in [0.15, 0.2) is 0 Å². The molecule has 37 heavy (non-hydrogen) atoms. The smallest absolute Gasteiger partial charge is 0.545 e. The van der Waals surface area contributed by atoms with Crippen molar-refractivity contribution >= 4 is 23.3 Å². The van der Waals surface area contributed by atoms with Crippen LogP contribution in [0.15, 0.2) is 24.3 Å². The Morgan fingerprint density at radius 1 is 0.541 bits per heavy atom. The Labute approximate surface area is 233 Å². The fourth-order valence-electron chi connectivity index (χ4n) is 3.75. The van der Waals surface area contributed by atoms with Gasteiger partial charge in [-0.05, 0) is 56.0 Å². The second-order valence-electron chi connectivity index (χ2n) is 13.5. The number of aromatic carboxylic acids is 2. The normalized spacial score (nSPS) is 12.2. The first-order valence-corrected chi connectivity index (χ1v) is 12.2. The van der Waals surface area contributed by atoms with Gasteiger partial charge in [-0.1, -0.05) is 95.2 Å². The summed E-state index contributed by atoms with van der Waals surface area (Å²) in [4.78, 5) is 22.4. The third-order valence-corrected chi connectivity index (χ3v) is 6.15. The molecule has 6 nitrogen and oxygen atoms in total. The number of carboxylic acids is 2. The molecular weight excluding hydrogens is 511 g/mol. The monoisotopic (exact) mass is 554 g/mol. The number of carbonyl (C=O) groups excluding carboxylic acids is 2. The Morgan fingerprint density at radius 2 is 0.784 bits per heavy atom. The predicted molar refractivity (Wildman–Crippen MR) is 145 cm³/mol. The van der Waals surface area contributed by atoms with Crippen molar-refractivity contribution in [3.05, 3.63) is 57.6 Å². The van der Waals surface area contributed by atoms with Gasteiger partial charge in [0.1, 0.15) is 0 Å². The van der Waals surface area contributed by atoms with E-state index in [1.807, 2.05) is 95.2 Å². The molecule has 208 valence electrons. The molecule has 0 aliphatic rings. The first-order chi connectivity index (χ1) is 15.9. The van der Waals surface area contributed by atoms with Gasteiger partial charge < -0.3 is 31.3 Å². The van der Waals surface area contributed by atoms with E-state index in [1.165, 1.54) is 0 Å². The molecule has 0 atom stereocenters. The molecule has 0 aliphatic carbocycles. The Balaban J connectivity index is 0.000000682. The molecule has 0 amide bonds. The van der Waals surface area contributed by atoms with Crippen molar-refractivity contribution in [1.29, 1.82) is 0 Å². The summed E-state index contributed by atoms with van der Waals surface area (Å²) < 4.78 is 0. The van der Waals surface area contributed by atoms with Crippen LogP contribution >= 0.6 is 0 Å². The predicted octanol–water partition coefficient (Wildman–Crippen LogP) is 4.45. The van der Waals surface area contributed by atoms with Crippen molar-refractivity contribution in [1.82, 2.24) is 0 Å². The summed E-state index contributed by atoms with van der Waals surface area (Å²) in [6.45, 7) is 24.4. The molecule has 7 heteroatoms. The van der Waals surface area contributed by atoms with Crippen LogP contribution in [0.2, 0.25) is 0 Å². The summed E-state index contributed by atoms with van der Waals surface area (Å²) in [7, 11) is 0. The standard InChI is InChI=1S/2C15H23NO2.Ni/c2*1-14(2,3)9-7-10(13(17)18)12(16)11(8-9)15(4,5)6;/h2*7-8H,16H2,1-6H3,(H,17,18);/q;;+2/p-2. The first-order valence-electron chi connectivity index (χ1n) is 12.2. The molecule has 0 unspecified atom stereocenters. The van der Waals surface area contributed by atoms with Crippen LogP contribution in [-0.2, 0) is 38.2 Å². The second-order valence-corrected chi connectivity index (χ2v) is 13.5. The van der Waals surface area contributed by atoms with Gasteiger partial charge in [-0.2, -0.15) is 0 Å². The zero-order valence-electron chi connectivity index (χ0n) is 24.4. The number of anilines is 2. The maximum Gasteiger partial charge on any atom is 2.00 e. The largest absolute Gasteiger partial charge is 2.00 e. The molecule has 0 radical (unpaired) electrons. The van der Waals surface area contributed by atoms with Crippen LogP contribution in [0.3, 0.4) is 0 Å². The van der Waals surface area contributed by atoms with Crippen LogP contribution in [0.4, 0.5) is 11.4 Å². The molecule has 0 spiro atoms. The van der Waals surface area contributed by atoms with E-state index in [-0.39, 0.29) is 49.3 Å². The molecule has 0 aliphatic heterocycles. The van der Waals surface area contributed by atoms with Gasteiger partial charge in [0.05, 0.1) is 11.9 Å². The van der Waals surface area contributed by atoms with Crippen LogP contribution in [0.25, 0.3) is 0 Å². The van der Waals surface area contributed by atoms with E-state index >= 15 is 0 Å². The summed E-state index contributed by atoms with van der Waals surface area (Å²) in [5.41, 5.74) is 15.7. The molecule has 0 heterocycles. The number of rotatable bonds is 2. The van der Waals surface area contributed by atoms with Crippen LogP contribution < -0.4 is 21.7 Å².